The van der Waals surface area contributed by atoms with E-state index in [0.717, 1.165) is 6.42 Å². The summed E-state index contributed by atoms with van der Waals surface area (Å²) in [6.07, 6.45) is 2.03. The maximum Gasteiger partial charge on any atom is 0.307 e. The van der Waals surface area contributed by atoms with E-state index in [-0.39, 0.29) is 18.4 Å². The van der Waals surface area contributed by atoms with Gasteiger partial charge in [-0.1, -0.05) is 31.2 Å². The molecule has 0 spiro atoms. The van der Waals surface area contributed by atoms with E-state index in [1.54, 1.807) is 6.92 Å². The molecule has 0 radical (unpaired) electrons. The van der Waals surface area contributed by atoms with Gasteiger partial charge in [0.2, 0.25) is 0 Å². The lowest BCUT2D eigenvalue weighted by atomic mass is 10.0. The fourth-order valence-electron chi connectivity index (χ4n) is 1.72. The van der Waals surface area contributed by atoms with E-state index >= 15 is 0 Å². The number of carbonyl (C=O) groups is 1. The smallest absolute Gasteiger partial charge is 0.307 e. The molecule has 1 atom stereocenters. The van der Waals surface area contributed by atoms with Crippen molar-refractivity contribution in [1.29, 1.82) is 0 Å². The first-order chi connectivity index (χ1) is 8.15. The lowest BCUT2D eigenvalue weighted by Crippen LogP contribution is -2.27. The van der Waals surface area contributed by atoms with E-state index < -0.39 is 0 Å². The summed E-state index contributed by atoms with van der Waals surface area (Å²) in [6, 6.07) is 8.19. The predicted molar refractivity (Wildman–Crippen MR) is 68.7 cm³/mol. The lowest BCUT2D eigenvalue weighted by molar-refractivity contribution is -0.143. The van der Waals surface area contributed by atoms with Crippen LogP contribution in [-0.2, 0) is 22.4 Å². The largest absolute Gasteiger partial charge is 0.466 e. The molecule has 0 saturated heterocycles. The van der Waals surface area contributed by atoms with Gasteiger partial charge in [0.1, 0.15) is 0 Å². The molecule has 3 heteroatoms. The van der Waals surface area contributed by atoms with Gasteiger partial charge in [0, 0.05) is 6.04 Å². The molecular formula is C14H21NO2. The van der Waals surface area contributed by atoms with Gasteiger partial charge in [0.05, 0.1) is 13.0 Å². The van der Waals surface area contributed by atoms with E-state index in [1.807, 2.05) is 0 Å². The Hall–Kier alpha value is -1.35. The van der Waals surface area contributed by atoms with Crippen LogP contribution >= 0.6 is 0 Å². The summed E-state index contributed by atoms with van der Waals surface area (Å²) in [5.41, 5.74) is 8.39. The zero-order chi connectivity index (χ0) is 12.7. The topological polar surface area (TPSA) is 52.3 Å². The number of esters is 1. The fraction of sp³-hybridized carbons (Fsp3) is 0.500. The number of benzene rings is 1. The molecule has 0 bridgehead atoms. The van der Waals surface area contributed by atoms with Crippen molar-refractivity contribution in [3.05, 3.63) is 35.4 Å². The van der Waals surface area contributed by atoms with Gasteiger partial charge in [-0.3, -0.25) is 4.79 Å². The zero-order valence-electron chi connectivity index (χ0n) is 10.6. The van der Waals surface area contributed by atoms with E-state index in [4.69, 9.17) is 10.5 Å². The number of hydrogen-bond acceptors (Lipinski definition) is 3. The monoisotopic (exact) mass is 235 g/mol. The summed E-state index contributed by atoms with van der Waals surface area (Å²) in [6.45, 7) is 4.34. The maximum atomic E-state index is 11.2. The Morgan fingerprint density at radius 2 is 1.82 bits per heavy atom. The third kappa shape index (κ3) is 5.00. The molecule has 1 aromatic carbocycles. The zero-order valence-corrected chi connectivity index (χ0v) is 10.6. The molecule has 3 nitrogen and oxygen atoms in total. The summed E-state index contributed by atoms with van der Waals surface area (Å²) < 4.78 is 4.87. The van der Waals surface area contributed by atoms with E-state index in [1.165, 1.54) is 11.1 Å². The molecule has 1 aromatic rings. The second-order valence-electron chi connectivity index (χ2n) is 4.14. The Bertz CT molecular complexity index is 346. The van der Waals surface area contributed by atoms with Crippen LogP contribution in [0.5, 0.6) is 0 Å². The highest BCUT2D eigenvalue weighted by Crippen LogP contribution is 2.08. The van der Waals surface area contributed by atoms with Gasteiger partial charge in [-0.05, 0) is 30.9 Å². The minimum atomic E-state index is -0.217. The Kier molecular flexibility index (Phi) is 5.70. The molecule has 94 valence electrons. The molecule has 17 heavy (non-hydrogen) atoms. The van der Waals surface area contributed by atoms with Crippen molar-refractivity contribution in [2.24, 2.45) is 5.73 Å². The van der Waals surface area contributed by atoms with Crippen LogP contribution < -0.4 is 5.73 Å². The lowest BCUT2D eigenvalue weighted by Gasteiger charge is -2.11. The molecule has 1 unspecified atom stereocenters. The second kappa shape index (κ2) is 7.07. The highest BCUT2D eigenvalue weighted by atomic mass is 16.5. The van der Waals surface area contributed by atoms with Crippen LogP contribution in [0.1, 0.15) is 31.4 Å². The van der Waals surface area contributed by atoms with Crippen molar-refractivity contribution in [3.8, 4) is 0 Å². The van der Waals surface area contributed by atoms with Crippen LogP contribution in [0.25, 0.3) is 0 Å². The van der Waals surface area contributed by atoms with Crippen LogP contribution in [0, 0.1) is 0 Å². The standard InChI is InChI=1S/C14H21NO2/c1-3-11-5-7-12(8-6-11)9-13(15)10-14(16)17-4-2/h5-8,13H,3-4,9-10,15H2,1-2H3. The van der Waals surface area contributed by atoms with Gasteiger partial charge in [0.15, 0.2) is 0 Å². The van der Waals surface area contributed by atoms with Crippen molar-refractivity contribution >= 4 is 5.97 Å². The number of rotatable bonds is 6. The van der Waals surface area contributed by atoms with Gasteiger partial charge in [0.25, 0.3) is 0 Å². The van der Waals surface area contributed by atoms with Crippen molar-refractivity contribution < 1.29 is 9.53 Å². The van der Waals surface area contributed by atoms with Crippen LogP contribution in [0.3, 0.4) is 0 Å². The van der Waals surface area contributed by atoms with Crippen molar-refractivity contribution in [3.63, 3.8) is 0 Å². The molecule has 0 aliphatic heterocycles. The third-order valence-electron chi connectivity index (χ3n) is 2.66. The van der Waals surface area contributed by atoms with Crippen LogP contribution in [0.2, 0.25) is 0 Å². The SMILES string of the molecule is CCOC(=O)CC(N)Cc1ccc(CC)cc1. The average molecular weight is 235 g/mol. The van der Waals surface area contributed by atoms with Crippen molar-refractivity contribution in [2.45, 2.75) is 39.2 Å². The number of nitrogens with two attached hydrogens (primary N) is 1. The van der Waals surface area contributed by atoms with Crippen LogP contribution in [0.15, 0.2) is 24.3 Å². The molecular weight excluding hydrogens is 214 g/mol. The van der Waals surface area contributed by atoms with Crippen LogP contribution in [0.4, 0.5) is 0 Å². The van der Waals surface area contributed by atoms with Gasteiger partial charge in [-0.25, -0.2) is 0 Å². The summed E-state index contributed by atoms with van der Waals surface area (Å²) in [5, 5.41) is 0. The van der Waals surface area contributed by atoms with Gasteiger partial charge in [-0.2, -0.15) is 0 Å². The molecule has 0 heterocycles. The average Bonchev–Trinajstić information content (AvgIpc) is 2.30. The Labute approximate surface area is 103 Å². The number of carbonyl (C=O) groups excluding carboxylic acids is 1. The molecule has 0 aromatic heterocycles. The number of ether oxygens (including phenoxy) is 1. The second-order valence-corrected chi connectivity index (χ2v) is 4.14. The quantitative estimate of drug-likeness (QED) is 0.768. The molecule has 0 fully saturated rings. The normalized spacial score (nSPS) is 12.2. The Balaban J connectivity index is 2.44. The molecule has 0 aliphatic rings. The van der Waals surface area contributed by atoms with Gasteiger partial charge < -0.3 is 10.5 Å². The highest BCUT2D eigenvalue weighted by Gasteiger charge is 2.10. The molecule has 0 amide bonds. The Morgan fingerprint density at radius 3 is 2.35 bits per heavy atom. The minimum Gasteiger partial charge on any atom is -0.466 e. The minimum absolute atomic E-state index is 0.165. The third-order valence-corrected chi connectivity index (χ3v) is 2.66. The molecule has 2 N–H and O–H groups in total. The highest BCUT2D eigenvalue weighted by molar-refractivity contribution is 5.70. The van der Waals surface area contributed by atoms with Crippen LogP contribution in [-0.4, -0.2) is 18.6 Å². The first kappa shape index (κ1) is 13.7. The summed E-state index contributed by atoms with van der Waals surface area (Å²) in [7, 11) is 0. The van der Waals surface area contributed by atoms with E-state index in [9.17, 15) is 4.79 Å². The van der Waals surface area contributed by atoms with Crippen molar-refractivity contribution in [2.75, 3.05) is 6.61 Å². The van der Waals surface area contributed by atoms with Crippen molar-refractivity contribution in [1.82, 2.24) is 0 Å². The summed E-state index contributed by atoms with van der Waals surface area (Å²) >= 11 is 0. The summed E-state index contributed by atoms with van der Waals surface area (Å²) in [5.74, 6) is -0.217. The van der Waals surface area contributed by atoms with Gasteiger partial charge in [-0.15, -0.1) is 0 Å². The first-order valence-corrected chi connectivity index (χ1v) is 6.14. The number of aryl methyl sites for hydroxylation is 1. The molecule has 0 aliphatic carbocycles. The first-order valence-electron chi connectivity index (χ1n) is 6.14. The molecule has 1 rings (SSSR count). The number of hydrogen-bond donors (Lipinski definition) is 1. The Morgan fingerprint density at radius 1 is 1.24 bits per heavy atom. The van der Waals surface area contributed by atoms with Gasteiger partial charge >= 0.3 is 5.97 Å². The predicted octanol–water partition coefficient (Wildman–Crippen LogP) is 2.07. The van der Waals surface area contributed by atoms with E-state index in [2.05, 4.69) is 31.2 Å². The molecule has 0 saturated carbocycles. The maximum absolute atomic E-state index is 11.2. The fourth-order valence-corrected chi connectivity index (χ4v) is 1.72. The summed E-state index contributed by atoms with van der Waals surface area (Å²) in [4.78, 5) is 11.2. The van der Waals surface area contributed by atoms with E-state index in [0.29, 0.717) is 13.0 Å².